The molecule has 1 aromatic rings. The quantitative estimate of drug-likeness (QED) is 0.366. The summed E-state index contributed by atoms with van der Waals surface area (Å²) < 4.78 is 57.2. The Hall–Kier alpha value is -2.46. The van der Waals surface area contributed by atoms with Crippen LogP contribution in [0.15, 0.2) is 6.20 Å². The third-order valence-electron chi connectivity index (χ3n) is 1.86. The van der Waals surface area contributed by atoms with Crippen molar-refractivity contribution in [3.8, 4) is 5.88 Å². The monoisotopic (exact) mass is 298 g/mol. The van der Waals surface area contributed by atoms with Crippen molar-refractivity contribution in [1.82, 2.24) is 4.98 Å². The normalized spacial score (nSPS) is 11.1. The number of alkyl halides is 3. The summed E-state index contributed by atoms with van der Waals surface area (Å²) in [7, 11) is 0. The number of hydrogen-bond acceptors (Lipinski definition) is 6. The number of nitrogens with zero attached hydrogens (tertiary/aromatic N) is 2. The fraction of sp³-hybridized carbons (Fsp3) is 0.333. The van der Waals surface area contributed by atoms with Gasteiger partial charge in [0.1, 0.15) is 6.20 Å². The average Bonchev–Trinajstić information content (AvgIpc) is 2.29. The van der Waals surface area contributed by atoms with Gasteiger partial charge in [-0.1, -0.05) is 0 Å². The van der Waals surface area contributed by atoms with E-state index in [1.165, 1.54) is 6.92 Å². The van der Waals surface area contributed by atoms with Crippen LogP contribution in [0.4, 0.5) is 23.2 Å². The van der Waals surface area contributed by atoms with Crippen LogP contribution in [0.3, 0.4) is 0 Å². The van der Waals surface area contributed by atoms with Gasteiger partial charge in [0.05, 0.1) is 11.5 Å². The van der Waals surface area contributed by atoms with Gasteiger partial charge in [0.2, 0.25) is 5.82 Å². The molecular weight excluding hydrogens is 292 g/mol. The second kappa shape index (κ2) is 5.67. The van der Waals surface area contributed by atoms with Crippen molar-refractivity contribution in [2.24, 2.45) is 0 Å². The lowest BCUT2D eigenvalue weighted by Gasteiger charge is -2.10. The number of carbonyl (C=O) groups is 1. The molecule has 0 unspecified atom stereocenters. The molecule has 0 saturated heterocycles. The number of rotatable bonds is 4. The van der Waals surface area contributed by atoms with Gasteiger partial charge in [0.15, 0.2) is 5.56 Å². The lowest BCUT2D eigenvalue weighted by molar-refractivity contribution is -0.385. The molecule has 0 bridgehead atoms. The highest BCUT2D eigenvalue weighted by molar-refractivity contribution is 5.94. The van der Waals surface area contributed by atoms with Gasteiger partial charge in [-0.25, -0.2) is 9.78 Å². The van der Waals surface area contributed by atoms with Gasteiger partial charge in [-0.05, 0) is 6.92 Å². The minimum absolute atomic E-state index is 0.257. The molecule has 0 atom stereocenters. The highest BCUT2D eigenvalue weighted by Crippen LogP contribution is 2.30. The van der Waals surface area contributed by atoms with Crippen LogP contribution in [-0.2, 0) is 4.74 Å². The molecule has 0 N–H and O–H groups in total. The van der Waals surface area contributed by atoms with Crippen molar-refractivity contribution in [3.05, 3.63) is 27.7 Å². The third-order valence-corrected chi connectivity index (χ3v) is 1.86. The molecule has 0 aromatic carbocycles. The number of ether oxygens (including phenoxy) is 2. The van der Waals surface area contributed by atoms with Crippen molar-refractivity contribution in [1.29, 1.82) is 0 Å². The minimum atomic E-state index is -5.27. The SMILES string of the molecule is CCOC(=O)c1c([N+](=O)[O-])cnc(OC(F)(F)F)c1F. The predicted octanol–water partition coefficient (Wildman–Crippen LogP) is 2.20. The van der Waals surface area contributed by atoms with Gasteiger partial charge in [0.25, 0.3) is 5.88 Å². The van der Waals surface area contributed by atoms with Crippen LogP contribution < -0.4 is 4.74 Å². The van der Waals surface area contributed by atoms with Gasteiger partial charge in [0, 0.05) is 0 Å². The molecule has 11 heteroatoms. The van der Waals surface area contributed by atoms with Gasteiger partial charge < -0.3 is 9.47 Å². The maximum absolute atomic E-state index is 13.7. The highest BCUT2D eigenvalue weighted by Gasteiger charge is 2.37. The van der Waals surface area contributed by atoms with E-state index in [2.05, 4.69) is 14.5 Å². The molecule has 0 fully saturated rings. The van der Waals surface area contributed by atoms with Crippen LogP contribution in [0.25, 0.3) is 0 Å². The largest absolute Gasteiger partial charge is 0.574 e. The number of halogens is 4. The number of esters is 1. The van der Waals surface area contributed by atoms with E-state index >= 15 is 0 Å². The number of carbonyl (C=O) groups excluding carboxylic acids is 1. The lowest BCUT2D eigenvalue weighted by atomic mass is 10.2. The van der Waals surface area contributed by atoms with Gasteiger partial charge in [-0.3, -0.25) is 10.1 Å². The molecule has 0 radical (unpaired) electrons. The van der Waals surface area contributed by atoms with Crippen molar-refractivity contribution in [2.75, 3.05) is 6.61 Å². The van der Waals surface area contributed by atoms with Crippen LogP contribution in [0, 0.1) is 15.9 Å². The van der Waals surface area contributed by atoms with E-state index in [1.54, 1.807) is 0 Å². The van der Waals surface area contributed by atoms with E-state index in [0.29, 0.717) is 0 Å². The Bertz CT molecular complexity index is 546. The maximum atomic E-state index is 13.7. The maximum Gasteiger partial charge on any atom is 0.574 e. The molecule has 0 aliphatic heterocycles. The summed E-state index contributed by atoms with van der Waals surface area (Å²) in [5.74, 6) is -5.02. The average molecular weight is 298 g/mol. The first-order valence-electron chi connectivity index (χ1n) is 4.93. The Labute approximate surface area is 108 Å². The highest BCUT2D eigenvalue weighted by atomic mass is 19.4. The summed E-state index contributed by atoms with van der Waals surface area (Å²) >= 11 is 0. The fourth-order valence-electron chi connectivity index (χ4n) is 1.18. The smallest absolute Gasteiger partial charge is 0.462 e. The summed E-state index contributed by atoms with van der Waals surface area (Å²) in [4.78, 5) is 23.6. The van der Waals surface area contributed by atoms with Crippen LogP contribution >= 0.6 is 0 Å². The Balaban J connectivity index is 3.38. The fourth-order valence-corrected chi connectivity index (χ4v) is 1.18. The first-order chi connectivity index (χ1) is 9.17. The Morgan fingerprint density at radius 2 is 2.10 bits per heavy atom. The zero-order chi connectivity index (χ0) is 15.5. The Morgan fingerprint density at radius 1 is 1.50 bits per heavy atom. The van der Waals surface area contributed by atoms with Crippen molar-refractivity contribution in [3.63, 3.8) is 0 Å². The second-order valence-corrected chi connectivity index (χ2v) is 3.16. The number of nitro groups is 1. The summed E-state index contributed by atoms with van der Waals surface area (Å²) in [6, 6.07) is 0. The number of pyridine rings is 1. The second-order valence-electron chi connectivity index (χ2n) is 3.16. The van der Waals surface area contributed by atoms with Gasteiger partial charge in [-0.2, -0.15) is 4.39 Å². The molecule has 110 valence electrons. The van der Waals surface area contributed by atoms with E-state index in [4.69, 9.17) is 0 Å². The summed E-state index contributed by atoms with van der Waals surface area (Å²) in [6.45, 7) is 1.07. The number of hydrogen-bond donors (Lipinski definition) is 0. The number of aromatic nitrogens is 1. The molecule has 20 heavy (non-hydrogen) atoms. The molecule has 0 spiro atoms. The molecule has 1 rings (SSSR count). The van der Waals surface area contributed by atoms with Crippen molar-refractivity contribution < 1.29 is 36.8 Å². The standard InChI is InChI=1S/C9H6F4N2O5/c1-2-19-8(16)5-4(15(17)18)3-14-7(6(5)10)20-9(11,12)13/h3H,2H2,1H3. The first kappa shape index (κ1) is 15.6. The lowest BCUT2D eigenvalue weighted by Crippen LogP contribution is -2.20. The minimum Gasteiger partial charge on any atom is -0.462 e. The first-order valence-corrected chi connectivity index (χ1v) is 4.93. The zero-order valence-electron chi connectivity index (χ0n) is 9.73. The molecule has 0 amide bonds. The molecule has 0 saturated carbocycles. The molecule has 0 aliphatic rings. The van der Waals surface area contributed by atoms with E-state index < -0.39 is 40.2 Å². The van der Waals surface area contributed by atoms with Gasteiger partial charge >= 0.3 is 18.0 Å². The third kappa shape index (κ3) is 3.52. The van der Waals surface area contributed by atoms with E-state index in [0.717, 1.165) is 0 Å². The topological polar surface area (TPSA) is 91.6 Å². The van der Waals surface area contributed by atoms with Crippen molar-refractivity contribution >= 4 is 11.7 Å². The Kier molecular flexibility index (Phi) is 4.42. The van der Waals surface area contributed by atoms with E-state index in [1.807, 2.05) is 0 Å². The van der Waals surface area contributed by atoms with Crippen LogP contribution in [0.1, 0.15) is 17.3 Å². The summed E-state index contributed by atoms with van der Waals surface area (Å²) in [6.07, 6.45) is -4.99. The van der Waals surface area contributed by atoms with Gasteiger partial charge in [-0.15, -0.1) is 13.2 Å². The summed E-state index contributed by atoms with van der Waals surface area (Å²) in [5.41, 5.74) is -2.42. The molecule has 1 heterocycles. The predicted molar refractivity (Wildman–Crippen MR) is 53.5 cm³/mol. The van der Waals surface area contributed by atoms with Crippen LogP contribution in [-0.4, -0.2) is 28.8 Å². The Morgan fingerprint density at radius 3 is 2.55 bits per heavy atom. The zero-order valence-corrected chi connectivity index (χ0v) is 9.73. The summed E-state index contributed by atoms with van der Waals surface area (Å²) in [5, 5.41) is 10.6. The van der Waals surface area contributed by atoms with Crippen LogP contribution in [0.2, 0.25) is 0 Å². The van der Waals surface area contributed by atoms with Crippen LogP contribution in [0.5, 0.6) is 5.88 Å². The van der Waals surface area contributed by atoms with E-state index in [-0.39, 0.29) is 12.8 Å². The molecular formula is C9H6F4N2O5. The molecule has 0 aliphatic carbocycles. The molecule has 7 nitrogen and oxygen atoms in total. The van der Waals surface area contributed by atoms with Crippen molar-refractivity contribution in [2.45, 2.75) is 13.3 Å². The van der Waals surface area contributed by atoms with E-state index in [9.17, 15) is 32.5 Å². The molecule has 1 aromatic heterocycles.